The summed E-state index contributed by atoms with van der Waals surface area (Å²) in [6, 6.07) is 1.80. The lowest BCUT2D eigenvalue weighted by Crippen LogP contribution is -2.44. The molecule has 0 spiro atoms. The summed E-state index contributed by atoms with van der Waals surface area (Å²) < 4.78 is 12.2. The number of phenols is 1. The maximum Gasteiger partial charge on any atom is 0.168 e. The average Bonchev–Trinajstić information content (AvgIpc) is 2.74. The molecule has 0 radical (unpaired) electrons. The van der Waals surface area contributed by atoms with Gasteiger partial charge in [0.1, 0.15) is 5.75 Å². The van der Waals surface area contributed by atoms with Gasteiger partial charge in [0.05, 0.1) is 17.7 Å². The first-order valence-corrected chi connectivity index (χ1v) is 8.28. The number of fused-ring (bicyclic) bond motifs is 1. The molecule has 0 bridgehead atoms. The van der Waals surface area contributed by atoms with Crippen molar-refractivity contribution in [2.45, 2.75) is 12.8 Å². The number of nitrogens with zero attached hydrogens (tertiary/aromatic N) is 1. The lowest BCUT2D eigenvalue weighted by Gasteiger charge is -2.27. The van der Waals surface area contributed by atoms with E-state index in [1.165, 1.54) is 0 Å². The Morgan fingerprint density at radius 2 is 2.00 bits per heavy atom. The molecule has 3 rings (SSSR count). The predicted octanol–water partition coefficient (Wildman–Crippen LogP) is 1.76. The standard InChI is InChI=1S/C15H21BrN2O3/c16-12-10-13-15(21-9-1-8-20-13)11(14(12)19)2-5-18-6-3-17-4-7-18/h10,17,19H,1-9H2. The quantitative estimate of drug-likeness (QED) is 0.864. The normalized spacial score (nSPS) is 19.3. The van der Waals surface area contributed by atoms with Crippen molar-refractivity contribution in [3.05, 3.63) is 16.1 Å². The van der Waals surface area contributed by atoms with Crippen molar-refractivity contribution in [3.63, 3.8) is 0 Å². The molecule has 1 saturated heterocycles. The summed E-state index contributed by atoms with van der Waals surface area (Å²) in [6.45, 7) is 6.37. The molecule has 0 aliphatic carbocycles. The fraction of sp³-hybridized carbons (Fsp3) is 0.600. The van der Waals surface area contributed by atoms with Gasteiger partial charge in [-0.25, -0.2) is 0 Å². The van der Waals surface area contributed by atoms with Crippen LogP contribution in [-0.4, -0.2) is 55.9 Å². The lowest BCUT2D eigenvalue weighted by molar-refractivity contribution is 0.241. The number of rotatable bonds is 3. The van der Waals surface area contributed by atoms with Crippen LogP contribution in [0.1, 0.15) is 12.0 Å². The van der Waals surface area contributed by atoms with E-state index in [9.17, 15) is 5.11 Å². The second kappa shape index (κ2) is 6.85. The summed E-state index contributed by atoms with van der Waals surface area (Å²) in [7, 11) is 0. The number of phenolic OH excluding ortho intramolecular Hbond substituents is 1. The molecule has 6 heteroatoms. The van der Waals surface area contributed by atoms with E-state index in [0.717, 1.165) is 56.9 Å². The Morgan fingerprint density at radius 1 is 1.24 bits per heavy atom. The van der Waals surface area contributed by atoms with Gasteiger partial charge in [-0.15, -0.1) is 0 Å². The molecular weight excluding hydrogens is 336 g/mol. The van der Waals surface area contributed by atoms with Crippen LogP contribution in [0, 0.1) is 0 Å². The molecular formula is C15H21BrN2O3. The highest BCUT2D eigenvalue weighted by molar-refractivity contribution is 9.10. The van der Waals surface area contributed by atoms with Crippen molar-refractivity contribution >= 4 is 15.9 Å². The molecule has 2 aliphatic heterocycles. The van der Waals surface area contributed by atoms with E-state index < -0.39 is 0 Å². The number of nitrogens with one attached hydrogen (secondary N) is 1. The van der Waals surface area contributed by atoms with Gasteiger partial charge in [-0.3, -0.25) is 0 Å². The van der Waals surface area contributed by atoms with Crippen molar-refractivity contribution in [3.8, 4) is 17.2 Å². The van der Waals surface area contributed by atoms with Gasteiger partial charge < -0.3 is 24.8 Å². The third-order valence-electron chi connectivity index (χ3n) is 3.95. The molecule has 2 heterocycles. The van der Waals surface area contributed by atoms with Crippen molar-refractivity contribution in [1.82, 2.24) is 10.2 Å². The highest BCUT2D eigenvalue weighted by Gasteiger charge is 2.22. The largest absolute Gasteiger partial charge is 0.506 e. The Kier molecular flexibility index (Phi) is 4.87. The monoisotopic (exact) mass is 356 g/mol. The van der Waals surface area contributed by atoms with Crippen LogP contribution in [0.25, 0.3) is 0 Å². The number of aromatic hydroxyl groups is 1. The van der Waals surface area contributed by atoms with Gasteiger partial charge >= 0.3 is 0 Å². The number of halogens is 1. The first-order valence-electron chi connectivity index (χ1n) is 7.48. The van der Waals surface area contributed by atoms with E-state index >= 15 is 0 Å². The van der Waals surface area contributed by atoms with Crippen molar-refractivity contribution < 1.29 is 14.6 Å². The molecule has 1 aromatic carbocycles. The van der Waals surface area contributed by atoms with Gasteiger partial charge in [0, 0.05) is 50.8 Å². The summed E-state index contributed by atoms with van der Waals surface area (Å²) >= 11 is 3.41. The number of ether oxygens (including phenoxy) is 2. The smallest absolute Gasteiger partial charge is 0.168 e. The minimum atomic E-state index is 0.273. The molecule has 0 saturated carbocycles. The average molecular weight is 357 g/mol. The Bertz CT molecular complexity index is 504. The van der Waals surface area contributed by atoms with Crippen LogP contribution in [0.4, 0.5) is 0 Å². The summed E-state index contributed by atoms with van der Waals surface area (Å²) in [5, 5.41) is 13.7. The van der Waals surface area contributed by atoms with Crippen LogP contribution in [0.5, 0.6) is 17.2 Å². The highest BCUT2D eigenvalue weighted by atomic mass is 79.9. The van der Waals surface area contributed by atoms with E-state index in [2.05, 4.69) is 26.1 Å². The third-order valence-corrected chi connectivity index (χ3v) is 4.55. The first-order chi connectivity index (χ1) is 10.3. The zero-order valence-electron chi connectivity index (χ0n) is 12.0. The molecule has 0 aromatic heterocycles. The Balaban J connectivity index is 1.80. The molecule has 116 valence electrons. The van der Waals surface area contributed by atoms with Crippen LogP contribution >= 0.6 is 15.9 Å². The van der Waals surface area contributed by atoms with E-state index in [1.54, 1.807) is 6.07 Å². The van der Waals surface area contributed by atoms with Gasteiger partial charge in [0.25, 0.3) is 0 Å². The van der Waals surface area contributed by atoms with Crippen LogP contribution in [0.3, 0.4) is 0 Å². The topological polar surface area (TPSA) is 54.0 Å². The van der Waals surface area contributed by atoms with Crippen LogP contribution < -0.4 is 14.8 Å². The molecule has 0 unspecified atom stereocenters. The second-order valence-electron chi connectivity index (χ2n) is 5.40. The Hall–Kier alpha value is -0.980. The van der Waals surface area contributed by atoms with Crippen molar-refractivity contribution in [1.29, 1.82) is 0 Å². The van der Waals surface area contributed by atoms with E-state index in [0.29, 0.717) is 23.4 Å². The molecule has 2 N–H and O–H groups in total. The molecule has 5 nitrogen and oxygen atoms in total. The summed E-state index contributed by atoms with van der Waals surface area (Å²) in [5.41, 5.74) is 0.847. The zero-order chi connectivity index (χ0) is 14.7. The summed E-state index contributed by atoms with van der Waals surface area (Å²) in [4.78, 5) is 2.40. The van der Waals surface area contributed by atoms with E-state index in [1.807, 2.05) is 0 Å². The molecule has 21 heavy (non-hydrogen) atoms. The first kappa shape index (κ1) is 14.9. The number of hydrogen-bond acceptors (Lipinski definition) is 5. The number of benzene rings is 1. The summed E-state index contributed by atoms with van der Waals surface area (Å²) in [6.07, 6.45) is 1.63. The number of piperazine rings is 1. The van der Waals surface area contributed by atoms with Crippen molar-refractivity contribution in [2.75, 3.05) is 45.9 Å². The zero-order valence-corrected chi connectivity index (χ0v) is 13.6. The molecule has 0 atom stereocenters. The second-order valence-corrected chi connectivity index (χ2v) is 6.26. The Morgan fingerprint density at radius 3 is 2.81 bits per heavy atom. The van der Waals surface area contributed by atoms with Gasteiger partial charge in [-0.2, -0.15) is 0 Å². The van der Waals surface area contributed by atoms with Crippen LogP contribution in [-0.2, 0) is 6.42 Å². The Labute approximate surface area is 133 Å². The van der Waals surface area contributed by atoms with Gasteiger partial charge in [-0.1, -0.05) is 0 Å². The maximum absolute atomic E-state index is 10.4. The maximum atomic E-state index is 10.4. The molecule has 0 amide bonds. The van der Waals surface area contributed by atoms with E-state index in [-0.39, 0.29) is 5.75 Å². The van der Waals surface area contributed by atoms with E-state index in [4.69, 9.17) is 9.47 Å². The molecule has 2 aliphatic rings. The predicted molar refractivity (Wildman–Crippen MR) is 84.4 cm³/mol. The highest BCUT2D eigenvalue weighted by Crippen LogP contribution is 2.43. The minimum Gasteiger partial charge on any atom is -0.506 e. The molecule has 1 aromatic rings. The number of hydrogen-bond donors (Lipinski definition) is 2. The lowest BCUT2D eigenvalue weighted by atomic mass is 10.1. The van der Waals surface area contributed by atoms with Gasteiger partial charge in [-0.05, 0) is 22.4 Å². The summed E-state index contributed by atoms with van der Waals surface area (Å²) in [5.74, 6) is 1.71. The van der Waals surface area contributed by atoms with Crippen LogP contribution in [0.2, 0.25) is 0 Å². The van der Waals surface area contributed by atoms with Crippen molar-refractivity contribution in [2.24, 2.45) is 0 Å². The third kappa shape index (κ3) is 3.44. The SMILES string of the molecule is Oc1c(Br)cc2c(c1CCN1CCNCC1)OCCCO2. The molecule has 1 fully saturated rings. The van der Waals surface area contributed by atoms with Gasteiger partial charge in [0.2, 0.25) is 0 Å². The minimum absolute atomic E-state index is 0.273. The van der Waals surface area contributed by atoms with Crippen LogP contribution in [0.15, 0.2) is 10.5 Å². The van der Waals surface area contributed by atoms with Gasteiger partial charge in [0.15, 0.2) is 11.5 Å². The fourth-order valence-electron chi connectivity index (χ4n) is 2.77. The fourth-order valence-corrected chi connectivity index (χ4v) is 3.21.